The summed E-state index contributed by atoms with van der Waals surface area (Å²) in [4.78, 5) is 27.7. The maximum absolute atomic E-state index is 14.5. The summed E-state index contributed by atoms with van der Waals surface area (Å²) >= 11 is 12.3. The van der Waals surface area contributed by atoms with Gasteiger partial charge in [0.05, 0.1) is 10.6 Å². The Bertz CT molecular complexity index is 1370. The van der Waals surface area contributed by atoms with Crippen molar-refractivity contribution >= 4 is 50.7 Å². The zero-order chi connectivity index (χ0) is 27.9. The number of nitrogens with one attached hydrogen (secondary N) is 1. The van der Waals surface area contributed by atoms with Gasteiger partial charge in [0.2, 0.25) is 11.8 Å². The second-order valence-electron chi connectivity index (χ2n) is 8.53. The summed E-state index contributed by atoms with van der Waals surface area (Å²) in [6, 6.07) is 16.6. The van der Waals surface area contributed by atoms with E-state index in [-0.39, 0.29) is 32.7 Å². The van der Waals surface area contributed by atoms with Crippen LogP contribution in [-0.2, 0) is 26.2 Å². The highest BCUT2D eigenvalue weighted by Gasteiger charge is 2.33. The minimum Gasteiger partial charge on any atom is -0.354 e. The molecule has 0 saturated heterocycles. The standard InChI is InChI=1S/C27H28Cl2FN3O4S/c1-3-13-31-27(35)19(2)32(17-20-9-7-8-12-25(20)30)26(34)18-33(23-15-21(28)14-22(29)16-23)38(36,37)24-10-5-4-6-11-24/h4-12,14-16,19H,3,13,17-18H2,1-2H3,(H,31,35)/t19-/m0/s1. The van der Waals surface area contributed by atoms with Crippen molar-refractivity contribution in [2.45, 2.75) is 37.8 Å². The first kappa shape index (κ1) is 29.4. The van der Waals surface area contributed by atoms with E-state index in [1.54, 1.807) is 24.3 Å². The molecule has 11 heteroatoms. The fourth-order valence-electron chi connectivity index (χ4n) is 3.72. The fraction of sp³-hybridized carbons (Fsp3) is 0.259. The Kier molecular flexibility index (Phi) is 10.1. The third-order valence-corrected chi connectivity index (χ3v) is 7.98. The first-order valence-corrected chi connectivity index (χ1v) is 14.1. The maximum atomic E-state index is 14.5. The van der Waals surface area contributed by atoms with E-state index in [0.29, 0.717) is 13.0 Å². The number of amides is 2. The normalized spacial score (nSPS) is 12.0. The Labute approximate surface area is 232 Å². The summed E-state index contributed by atoms with van der Waals surface area (Å²) in [5.41, 5.74) is 0.243. The van der Waals surface area contributed by atoms with Crippen LogP contribution in [0.15, 0.2) is 77.7 Å². The molecule has 0 saturated carbocycles. The van der Waals surface area contributed by atoms with E-state index in [9.17, 15) is 22.4 Å². The number of anilines is 1. The topological polar surface area (TPSA) is 86.8 Å². The molecular weight excluding hydrogens is 552 g/mol. The smallest absolute Gasteiger partial charge is 0.264 e. The van der Waals surface area contributed by atoms with Crippen molar-refractivity contribution in [3.8, 4) is 0 Å². The van der Waals surface area contributed by atoms with Gasteiger partial charge in [-0.25, -0.2) is 12.8 Å². The SMILES string of the molecule is CCCNC(=O)[C@H](C)N(Cc1ccccc1F)C(=O)CN(c1cc(Cl)cc(Cl)c1)S(=O)(=O)c1ccccc1. The average Bonchev–Trinajstić information content (AvgIpc) is 2.89. The van der Waals surface area contributed by atoms with Crippen LogP contribution in [0.25, 0.3) is 0 Å². The van der Waals surface area contributed by atoms with Crippen LogP contribution in [0.1, 0.15) is 25.8 Å². The largest absolute Gasteiger partial charge is 0.354 e. The zero-order valence-electron chi connectivity index (χ0n) is 20.9. The Balaban J connectivity index is 2.05. The molecule has 0 bridgehead atoms. The maximum Gasteiger partial charge on any atom is 0.264 e. The minimum absolute atomic E-state index is 0.0571. The third-order valence-electron chi connectivity index (χ3n) is 5.76. The molecule has 1 atom stereocenters. The number of carbonyl (C=O) groups excluding carboxylic acids is 2. The van der Waals surface area contributed by atoms with Gasteiger partial charge in [-0.1, -0.05) is 66.5 Å². The summed E-state index contributed by atoms with van der Waals surface area (Å²) in [5.74, 6) is -1.72. The molecule has 0 aliphatic carbocycles. The highest BCUT2D eigenvalue weighted by molar-refractivity contribution is 7.92. The zero-order valence-corrected chi connectivity index (χ0v) is 23.2. The molecule has 1 N–H and O–H groups in total. The number of hydrogen-bond acceptors (Lipinski definition) is 4. The van der Waals surface area contributed by atoms with E-state index in [1.165, 1.54) is 55.5 Å². The van der Waals surface area contributed by atoms with Gasteiger partial charge >= 0.3 is 0 Å². The number of hydrogen-bond donors (Lipinski definition) is 1. The molecule has 0 radical (unpaired) electrons. The van der Waals surface area contributed by atoms with Crippen molar-refractivity contribution in [1.82, 2.24) is 10.2 Å². The molecule has 7 nitrogen and oxygen atoms in total. The molecule has 0 spiro atoms. The van der Waals surface area contributed by atoms with Crippen LogP contribution in [0.4, 0.5) is 10.1 Å². The Morgan fingerprint density at radius 1 is 0.974 bits per heavy atom. The second kappa shape index (κ2) is 13.1. The Morgan fingerprint density at radius 3 is 2.18 bits per heavy atom. The molecule has 0 unspecified atom stereocenters. The van der Waals surface area contributed by atoms with Gasteiger partial charge in [0, 0.05) is 28.7 Å². The third kappa shape index (κ3) is 7.24. The molecule has 38 heavy (non-hydrogen) atoms. The predicted octanol–water partition coefficient (Wildman–Crippen LogP) is 5.27. The summed E-state index contributed by atoms with van der Waals surface area (Å²) in [6.07, 6.45) is 0.679. The van der Waals surface area contributed by atoms with Crippen molar-refractivity contribution in [1.29, 1.82) is 0 Å². The lowest BCUT2D eigenvalue weighted by atomic mass is 10.1. The van der Waals surface area contributed by atoms with Gasteiger partial charge in [-0.2, -0.15) is 0 Å². The van der Waals surface area contributed by atoms with Crippen molar-refractivity contribution in [3.05, 3.63) is 94.2 Å². The Hall–Kier alpha value is -3.14. The quantitative estimate of drug-likeness (QED) is 0.335. The highest BCUT2D eigenvalue weighted by atomic mass is 35.5. The lowest BCUT2D eigenvalue weighted by Gasteiger charge is -2.32. The van der Waals surface area contributed by atoms with Crippen LogP contribution in [0.2, 0.25) is 10.0 Å². The molecule has 2 amide bonds. The number of benzene rings is 3. The van der Waals surface area contributed by atoms with Gasteiger partial charge in [-0.05, 0) is 49.7 Å². The molecule has 0 aromatic heterocycles. The van der Waals surface area contributed by atoms with Crippen LogP contribution in [0, 0.1) is 5.82 Å². The van der Waals surface area contributed by atoms with E-state index in [0.717, 1.165) is 9.21 Å². The minimum atomic E-state index is -4.26. The lowest BCUT2D eigenvalue weighted by Crippen LogP contribution is -2.51. The molecule has 0 aliphatic heterocycles. The molecule has 3 aromatic carbocycles. The van der Waals surface area contributed by atoms with E-state index in [2.05, 4.69) is 5.32 Å². The predicted molar refractivity (Wildman–Crippen MR) is 147 cm³/mol. The van der Waals surface area contributed by atoms with E-state index in [4.69, 9.17) is 23.2 Å². The Morgan fingerprint density at radius 2 is 1.58 bits per heavy atom. The molecule has 0 fully saturated rings. The number of halogens is 3. The molecular formula is C27H28Cl2FN3O4S. The first-order chi connectivity index (χ1) is 18.0. The highest BCUT2D eigenvalue weighted by Crippen LogP contribution is 2.30. The molecule has 3 aromatic rings. The summed E-state index contributed by atoms with van der Waals surface area (Å²) in [7, 11) is -4.26. The van der Waals surface area contributed by atoms with Crippen molar-refractivity contribution in [2.24, 2.45) is 0 Å². The second-order valence-corrected chi connectivity index (χ2v) is 11.3. The molecule has 202 valence electrons. The van der Waals surface area contributed by atoms with Crippen LogP contribution < -0.4 is 9.62 Å². The van der Waals surface area contributed by atoms with E-state index in [1.807, 2.05) is 6.92 Å². The summed E-state index contributed by atoms with van der Waals surface area (Å²) < 4.78 is 42.8. The van der Waals surface area contributed by atoms with Crippen LogP contribution in [0.3, 0.4) is 0 Å². The van der Waals surface area contributed by atoms with Crippen molar-refractivity contribution in [2.75, 3.05) is 17.4 Å². The summed E-state index contributed by atoms with van der Waals surface area (Å²) in [6.45, 7) is 2.85. The van der Waals surface area contributed by atoms with E-state index < -0.39 is 40.2 Å². The van der Waals surface area contributed by atoms with Gasteiger partial charge in [0.25, 0.3) is 10.0 Å². The van der Waals surface area contributed by atoms with Crippen LogP contribution in [0.5, 0.6) is 0 Å². The number of nitrogens with zero attached hydrogens (tertiary/aromatic N) is 2. The average molecular weight is 581 g/mol. The van der Waals surface area contributed by atoms with Gasteiger partial charge in [0.1, 0.15) is 18.4 Å². The van der Waals surface area contributed by atoms with Crippen LogP contribution >= 0.6 is 23.2 Å². The lowest BCUT2D eigenvalue weighted by molar-refractivity contribution is -0.139. The van der Waals surface area contributed by atoms with Gasteiger partial charge < -0.3 is 10.2 Å². The van der Waals surface area contributed by atoms with Crippen molar-refractivity contribution < 1.29 is 22.4 Å². The van der Waals surface area contributed by atoms with E-state index >= 15 is 0 Å². The molecule has 0 heterocycles. The molecule has 3 rings (SSSR count). The first-order valence-electron chi connectivity index (χ1n) is 11.9. The number of sulfonamides is 1. The molecule has 0 aliphatic rings. The van der Waals surface area contributed by atoms with Crippen LogP contribution in [-0.4, -0.2) is 44.3 Å². The van der Waals surface area contributed by atoms with Gasteiger partial charge in [0.15, 0.2) is 0 Å². The van der Waals surface area contributed by atoms with Gasteiger partial charge in [-0.3, -0.25) is 13.9 Å². The number of rotatable bonds is 11. The van der Waals surface area contributed by atoms with Crippen molar-refractivity contribution in [3.63, 3.8) is 0 Å². The fourth-order valence-corrected chi connectivity index (χ4v) is 5.65. The number of carbonyl (C=O) groups is 2. The monoisotopic (exact) mass is 579 g/mol. The van der Waals surface area contributed by atoms with Gasteiger partial charge in [-0.15, -0.1) is 0 Å². The summed E-state index contributed by atoms with van der Waals surface area (Å²) in [5, 5.41) is 3.07.